The van der Waals surface area contributed by atoms with E-state index in [2.05, 4.69) is 15.9 Å². The molecule has 1 heterocycles. The highest BCUT2D eigenvalue weighted by atomic mass is 79.9. The van der Waals surface area contributed by atoms with Crippen molar-refractivity contribution in [3.8, 4) is 0 Å². The summed E-state index contributed by atoms with van der Waals surface area (Å²) in [5, 5.41) is 0. The Morgan fingerprint density at radius 3 is 2.63 bits per heavy atom. The summed E-state index contributed by atoms with van der Waals surface area (Å²) in [6.45, 7) is 3.96. The Labute approximate surface area is 119 Å². The zero-order valence-corrected chi connectivity index (χ0v) is 12.4. The molecule has 0 saturated carbocycles. The minimum atomic E-state index is -0.538. The fourth-order valence-corrected chi connectivity index (χ4v) is 3.08. The molecular weight excluding hydrogens is 310 g/mol. The smallest absolute Gasteiger partial charge is 0.237 e. The molecule has 1 aliphatic rings. The molecule has 100 valence electrons. The molecular formula is C14H14BrNO3. The average Bonchev–Trinajstić information content (AvgIpc) is 2.63. The molecule has 5 heteroatoms. The molecule has 2 rings (SSSR count). The third-order valence-electron chi connectivity index (χ3n) is 3.44. The number of aldehydes is 1. The highest BCUT2D eigenvalue weighted by molar-refractivity contribution is 9.10. The fourth-order valence-electron chi connectivity index (χ4n) is 2.49. The average molecular weight is 324 g/mol. The molecule has 1 saturated heterocycles. The molecule has 1 fully saturated rings. The summed E-state index contributed by atoms with van der Waals surface area (Å²) < 4.78 is 0.806. The quantitative estimate of drug-likeness (QED) is 0.634. The van der Waals surface area contributed by atoms with Crippen LogP contribution in [-0.2, 0) is 9.59 Å². The van der Waals surface area contributed by atoms with Gasteiger partial charge in [0.1, 0.15) is 0 Å². The minimum absolute atomic E-state index is 0.142. The predicted molar refractivity (Wildman–Crippen MR) is 74.0 cm³/mol. The van der Waals surface area contributed by atoms with Gasteiger partial charge in [-0.2, -0.15) is 0 Å². The number of hydrogen-bond acceptors (Lipinski definition) is 3. The maximum absolute atomic E-state index is 12.2. The normalized spacial score (nSPS) is 19.1. The summed E-state index contributed by atoms with van der Waals surface area (Å²) in [7, 11) is 0. The Morgan fingerprint density at radius 1 is 1.42 bits per heavy atom. The van der Waals surface area contributed by atoms with Gasteiger partial charge in [0.2, 0.25) is 11.8 Å². The number of aryl methyl sites for hydroxylation is 1. The number of amides is 2. The molecule has 1 aliphatic heterocycles. The van der Waals surface area contributed by atoms with Gasteiger partial charge in [0.25, 0.3) is 0 Å². The van der Waals surface area contributed by atoms with Gasteiger partial charge in [0.15, 0.2) is 6.29 Å². The number of imide groups is 1. The molecule has 0 bridgehead atoms. The topological polar surface area (TPSA) is 54.5 Å². The first-order valence-electron chi connectivity index (χ1n) is 6.09. The number of likely N-dealkylation sites (tertiary alicyclic amines) is 1. The van der Waals surface area contributed by atoms with Gasteiger partial charge in [-0.3, -0.25) is 19.3 Å². The SMILES string of the molecule is CCN1C(=O)CC(c2cc(Br)cc(C)c2C=O)C1=O. The molecule has 0 aromatic heterocycles. The molecule has 19 heavy (non-hydrogen) atoms. The lowest BCUT2D eigenvalue weighted by molar-refractivity contribution is -0.138. The van der Waals surface area contributed by atoms with Crippen molar-refractivity contribution in [1.82, 2.24) is 4.90 Å². The minimum Gasteiger partial charge on any atom is -0.298 e. The van der Waals surface area contributed by atoms with Crippen molar-refractivity contribution in [2.75, 3.05) is 6.54 Å². The number of nitrogens with zero attached hydrogens (tertiary/aromatic N) is 1. The van der Waals surface area contributed by atoms with E-state index in [-0.39, 0.29) is 18.2 Å². The van der Waals surface area contributed by atoms with Crippen molar-refractivity contribution < 1.29 is 14.4 Å². The summed E-state index contributed by atoms with van der Waals surface area (Å²) in [6, 6.07) is 3.58. The third-order valence-corrected chi connectivity index (χ3v) is 3.89. The van der Waals surface area contributed by atoms with E-state index in [9.17, 15) is 14.4 Å². The molecule has 0 aliphatic carbocycles. The summed E-state index contributed by atoms with van der Waals surface area (Å²) in [6.07, 6.45) is 0.896. The Balaban J connectivity index is 2.51. The van der Waals surface area contributed by atoms with Crippen LogP contribution in [-0.4, -0.2) is 29.5 Å². The Morgan fingerprint density at radius 2 is 2.11 bits per heavy atom. The van der Waals surface area contributed by atoms with E-state index in [4.69, 9.17) is 0 Å². The van der Waals surface area contributed by atoms with E-state index >= 15 is 0 Å². The number of halogens is 1. The van der Waals surface area contributed by atoms with Crippen molar-refractivity contribution in [3.63, 3.8) is 0 Å². The number of hydrogen-bond donors (Lipinski definition) is 0. The Kier molecular flexibility index (Phi) is 3.85. The van der Waals surface area contributed by atoms with Crippen LogP contribution in [0, 0.1) is 6.92 Å². The monoisotopic (exact) mass is 323 g/mol. The largest absolute Gasteiger partial charge is 0.298 e. The highest BCUT2D eigenvalue weighted by Crippen LogP contribution is 2.34. The summed E-state index contributed by atoms with van der Waals surface area (Å²) in [5.74, 6) is -0.927. The van der Waals surface area contributed by atoms with E-state index in [1.807, 2.05) is 13.0 Å². The van der Waals surface area contributed by atoms with E-state index in [0.717, 1.165) is 16.3 Å². The summed E-state index contributed by atoms with van der Waals surface area (Å²) in [4.78, 5) is 36.5. The van der Waals surface area contributed by atoms with Gasteiger partial charge < -0.3 is 0 Å². The van der Waals surface area contributed by atoms with E-state index in [0.29, 0.717) is 17.7 Å². The molecule has 1 unspecified atom stereocenters. The molecule has 0 spiro atoms. The summed E-state index contributed by atoms with van der Waals surface area (Å²) in [5.41, 5.74) is 1.94. The van der Waals surface area contributed by atoms with Gasteiger partial charge in [-0.15, -0.1) is 0 Å². The van der Waals surface area contributed by atoms with Crippen LogP contribution in [0.5, 0.6) is 0 Å². The lowest BCUT2D eigenvalue weighted by atomic mass is 9.91. The zero-order valence-electron chi connectivity index (χ0n) is 10.8. The van der Waals surface area contributed by atoms with Gasteiger partial charge in [-0.1, -0.05) is 15.9 Å². The van der Waals surface area contributed by atoms with Crippen LogP contribution in [0.15, 0.2) is 16.6 Å². The Bertz CT molecular complexity index is 568. The van der Waals surface area contributed by atoms with Gasteiger partial charge >= 0.3 is 0 Å². The van der Waals surface area contributed by atoms with Crippen LogP contribution < -0.4 is 0 Å². The third kappa shape index (κ3) is 2.34. The van der Waals surface area contributed by atoms with E-state index < -0.39 is 5.92 Å². The van der Waals surface area contributed by atoms with Gasteiger partial charge in [-0.25, -0.2) is 0 Å². The maximum atomic E-state index is 12.2. The van der Waals surface area contributed by atoms with E-state index in [1.54, 1.807) is 13.0 Å². The van der Waals surface area contributed by atoms with Crippen LogP contribution in [0.25, 0.3) is 0 Å². The predicted octanol–water partition coefficient (Wildman–Crippen LogP) is 2.43. The van der Waals surface area contributed by atoms with Crippen molar-refractivity contribution >= 4 is 34.0 Å². The number of carbonyl (C=O) groups excluding carboxylic acids is 3. The zero-order chi connectivity index (χ0) is 14.2. The van der Waals surface area contributed by atoms with Crippen LogP contribution >= 0.6 is 15.9 Å². The Hall–Kier alpha value is -1.49. The highest BCUT2D eigenvalue weighted by Gasteiger charge is 2.39. The van der Waals surface area contributed by atoms with Crippen LogP contribution in [0.3, 0.4) is 0 Å². The van der Waals surface area contributed by atoms with Gasteiger partial charge in [-0.05, 0) is 37.1 Å². The van der Waals surface area contributed by atoms with Crippen molar-refractivity contribution in [3.05, 3.63) is 33.3 Å². The lowest BCUT2D eigenvalue weighted by Crippen LogP contribution is -2.30. The standard InChI is InChI=1S/C14H14BrNO3/c1-3-16-13(18)6-11(14(16)19)10-5-9(15)4-8(2)12(10)7-17/h4-5,7,11H,3,6H2,1-2H3. The molecule has 2 amide bonds. The number of rotatable bonds is 3. The maximum Gasteiger partial charge on any atom is 0.237 e. The first-order chi connectivity index (χ1) is 8.99. The van der Waals surface area contributed by atoms with Gasteiger partial charge in [0, 0.05) is 23.0 Å². The number of carbonyl (C=O) groups is 3. The molecule has 1 aromatic rings. The summed E-state index contributed by atoms with van der Waals surface area (Å²) >= 11 is 3.36. The second-order valence-electron chi connectivity index (χ2n) is 4.58. The first kappa shape index (κ1) is 13.9. The van der Waals surface area contributed by atoms with Crippen molar-refractivity contribution in [1.29, 1.82) is 0 Å². The second-order valence-corrected chi connectivity index (χ2v) is 5.49. The molecule has 1 atom stereocenters. The van der Waals surface area contributed by atoms with E-state index in [1.165, 1.54) is 4.90 Å². The molecule has 4 nitrogen and oxygen atoms in total. The van der Waals surface area contributed by atoms with Gasteiger partial charge in [0.05, 0.1) is 5.92 Å². The molecule has 1 aromatic carbocycles. The van der Waals surface area contributed by atoms with Crippen LogP contribution in [0.1, 0.15) is 40.7 Å². The number of benzene rings is 1. The second kappa shape index (κ2) is 5.25. The van der Waals surface area contributed by atoms with Crippen LogP contribution in [0.4, 0.5) is 0 Å². The number of likely N-dealkylation sites (N-methyl/N-ethyl adjacent to an activating group) is 1. The first-order valence-corrected chi connectivity index (χ1v) is 6.88. The van der Waals surface area contributed by atoms with Crippen LogP contribution in [0.2, 0.25) is 0 Å². The van der Waals surface area contributed by atoms with Crippen molar-refractivity contribution in [2.24, 2.45) is 0 Å². The fraction of sp³-hybridized carbons (Fsp3) is 0.357. The lowest BCUT2D eigenvalue weighted by Gasteiger charge is -2.15. The van der Waals surface area contributed by atoms with Crippen molar-refractivity contribution in [2.45, 2.75) is 26.2 Å². The molecule has 0 radical (unpaired) electrons. The molecule has 0 N–H and O–H groups in total.